The number of carbonyl (C=O) groups excluding carboxylic acids is 2. The van der Waals surface area contributed by atoms with Gasteiger partial charge >= 0.3 is 5.97 Å². The van der Waals surface area contributed by atoms with E-state index in [0.717, 1.165) is 10.9 Å². The molecule has 30 heavy (non-hydrogen) atoms. The van der Waals surface area contributed by atoms with E-state index in [4.69, 9.17) is 16.3 Å². The molecule has 0 heterocycles. The van der Waals surface area contributed by atoms with Crippen LogP contribution in [-0.4, -0.2) is 11.9 Å². The lowest BCUT2D eigenvalue weighted by Crippen LogP contribution is -2.16. The minimum atomic E-state index is -0.525. The molecular formula is C25H18ClNO3. The topological polar surface area (TPSA) is 55.4 Å². The number of esters is 1. The van der Waals surface area contributed by atoms with Gasteiger partial charge in [-0.25, -0.2) is 4.79 Å². The standard InChI is InChI=1S/C25H18ClNO3/c1-16-15-19(12-14-22(16)26)27-24(28)21-13-11-17-7-5-6-10-20(17)23(21)30-25(29)18-8-3-2-4-9-18/h2-15H,1H3,(H,27,28). The average molecular weight is 416 g/mol. The predicted octanol–water partition coefficient (Wildman–Crippen LogP) is 6.27. The Morgan fingerprint density at radius 2 is 1.60 bits per heavy atom. The summed E-state index contributed by atoms with van der Waals surface area (Å²) in [6.07, 6.45) is 0. The van der Waals surface area contributed by atoms with Gasteiger partial charge in [-0.3, -0.25) is 4.79 Å². The number of nitrogens with one attached hydrogen (secondary N) is 1. The lowest BCUT2D eigenvalue weighted by Gasteiger charge is -2.14. The Bertz CT molecular complexity index is 1250. The highest BCUT2D eigenvalue weighted by Gasteiger charge is 2.20. The fraction of sp³-hybridized carbons (Fsp3) is 0.0400. The molecule has 1 N–H and O–H groups in total. The molecule has 4 aromatic rings. The molecule has 4 rings (SSSR count). The summed E-state index contributed by atoms with van der Waals surface area (Å²) in [7, 11) is 0. The van der Waals surface area contributed by atoms with E-state index in [1.807, 2.05) is 43.3 Å². The van der Waals surface area contributed by atoms with Gasteiger partial charge in [0.1, 0.15) is 0 Å². The molecule has 0 bridgehead atoms. The third kappa shape index (κ3) is 4.04. The van der Waals surface area contributed by atoms with Crippen molar-refractivity contribution >= 4 is 39.9 Å². The van der Waals surface area contributed by atoms with Crippen LogP contribution >= 0.6 is 11.6 Å². The van der Waals surface area contributed by atoms with Crippen LogP contribution in [0.2, 0.25) is 5.02 Å². The summed E-state index contributed by atoms with van der Waals surface area (Å²) in [5, 5.41) is 5.03. The van der Waals surface area contributed by atoms with Gasteiger partial charge in [0.2, 0.25) is 0 Å². The molecule has 0 aliphatic rings. The van der Waals surface area contributed by atoms with Crippen molar-refractivity contribution < 1.29 is 14.3 Å². The van der Waals surface area contributed by atoms with Gasteiger partial charge in [0.05, 0.1) is 11.1 Å². The highest BCUT2D eigenvalue weighted by atomic mass is 35.5. The molecule has 0 spiro atoms. The number of rotatable bonds is 4. The van der Waals surface area contributed by atoms with Gasteiger partial charge in [-0.1, -0.05) is 60.1 Å². The van der Waals surface area contributed by atoms with Gasteiger partial charge in [0.15, 0.2) is 5.75 Å². The van der Waals surface area contributed by atoms with Crippen LogP contribution in [0.1, 0.15) is 26.3 Å². The van der Waals surface area contributed by atoms with Crippen molar-refractivity contribution in [2.75, 3.05) is 5.32 Å². The third-order valence-corrected chi connectivity index (χ3v) is 5.17. The maximum Gasteiger partial charge on any atom is 0.343 e. The van der Waals surface area contributed by atoms with Gasteiger partial charge in [-0.2, -0.15) is 0 Å². The predicted molar refractivity (Wildman–Crippen MR) is 119 cm³/mol. The van der Waals surface area contributed by atoms with Gasteiger partial charge in [-0.05, 0) is 54.3 Å². The van der Waals surface area contributed by atoms with Crippen molar-refractivity contribution in [1.29, 1.82) is 0 Å². The van der Waals surface area contributed by atoms with Crippen LogP contribution in [0.5, 0.6) is 5.75 Å². The number of aryl methyl sites for hydroxylation is 1. The van der Waals surface area contributed by atoms with Crippen molar-refractivity contribution in [3.8, 4) is 5.75 Å². The van der Waals surface area contributed by atoms with E-state index in [0.29, 0.717) is 21.7 Å². The van der Waals surface area contributed by atoms with E-state index in [2.05, 4.69) is 5.32 Å². The lowest BCUT2D eigenvalue weighted by molar-refractivity contribution is 0.0735. The molecular weight excluding hydrogens is 398 g/mol. The van der Waals surface area contributed by atoms with E-state index >= 15 is 0 Å². The molecule has 0 radical (unpaired) electrons. The molecule has 5 heteroatoms. The van der Waals surface area contributed by atoms with Crippen LogP contribution in [0.4, 0.5) is 5.69 Å². The number of anilines is 1. The highest BCUT2D eigenvalue weighted by Crippen LogP contribution is 2.31. The maximum absolute atomic E-state index is 13.1. The van der Waals surface area contributed by atoms with Crippen molar-refractivity contribution in [1.82, 2.24) is 0 Å². The molecule has 4 nitrogen and oxygen atoms in total. The van der Waals surface area contributed by atoms with Crippen LogP contribution in [0, 0.1) is 6.92 Å². The second-order valence-electron chi connectivity index (χ2n) is 6.84. The number of ether oxygens (including phenoxy) is 1. The summed E-state index contributed by atoms with van der Waals surface area (Å²) < 4.78 is 5.73. The van der Waals surface area contributed by atoms with Crippen LogP contribution in [-0.2, 0) is 0 Å². The number of halogens is 1. The van der Waals surface area contributed by atoms with E-state index in [-0.39, 0.29) is 17.2 Å². The van der Waals surface area contributed by atoms with Crippen LogP contribution in [0.25, 0.3) is 10.8 Å². The van der Waals surface area contributed by atoms with Crippen molar-refractivity contribution in [3.05, 3.63) is 107 Å². The number of hydrogen-bond acceptors (Lipinski definition) is 3. The quantitative estimate of drug-likeness (QED) is 0.315. The van der Waals surface area contributed by atoms with E-state index < -0.39 is 5.97 Å². The monoisotopic (exact) mass is 415 g/mol. The number of hydrogen-bond donors (Lipinski definition) is 1. The molecule has 4 aromatic carbocycles. The van der Waals surface area contributed by atoms with Crippen molar-refractivity contribution in [2.45, 2.75) is 6.92 Å². The van der Waals surface area contributed by atoms with Crippen LogP contribution in [0.15, 0.2) is 84.9 Å². The van der Waals surface area contributed by atoms with E-state index in [1.165, 1.54) is 0 Å². The summed E-state index contributed by atoms with van der Waals surface area (Å²) in [6.45, 7) is 1.86. The second kappa shape index (κ2) is 8.39. The molecule has 0 atom stereocenters. The summed E-state index contributed by atoms with van der Waals surface area (Å²) in [5.74, 6) is -0.674. The molecule has 148 valence electrons. The van der Waals surface area contributed by atoms with E-state index in [1.54, 1.807) is 48.5 Å². The second-order valence-corrected chi connectivity index (χ2v) is 7.24. The Morgan fingerprint density at radius 3 is 2.37 bits per heavy atom. The lowest BCUT2D eigenvalue weighted by atomic mass is 10.0. The van der Waals surface area contributed by atoms with Crippen molar-refractivity contribution in [2.24, 2.45) is 0 Å². The number of amides is 1. The number of fused-ring (bicyclic) bond motifs is 1. The molecule has 0 saturated heterocycles. The molecule has 0 saturated carbocycles. The number of carbonyl (C=O) groups is 2. The highest BCUT2D eigenvalue weighted by molar-refractivity contribution is 6.31. The minimum Gasteiger partial charge on any atom is -0.421 e. The van der Waals surface area contributed by atoms with E-state index in [9.17, 15) is 9.59 Å². The molecule has 0 aliphatic carbocycles. The van der Waals surface area contributed by atoms with Crippen LogP contribution < -0.4 is 10.1 Å². The average Bonchev–Trinajstić information content (AvgIpc) is 2.77. The Labute approximate surface area is 179 Å². The summed E-state index contributed by atoms with van der Waals surface area (Å²) in [5.41, 5.74) is 2.13. The molecule has 0 unspecified atom stereocenters. The van der Waals surface area contributed by atoms with Crippen molar-refractivity contribution in [3.63, 3.8) is 0 Å². The first-order valence-electron chi connectivity index (χ1n) is 9.39. The van der Waals surface area contributed by atoms with Crippen LogP contribution in [0.3, 0.4) is 0 Å². The molecule has 1 amide bonds. The summed E-state index contributed by atoms with van der Waals surface area (Å²) in [6, 6.07) is 24.9. The zero-order valence-electron chi connectivity index (χ0n) is 16.2. The Kier molecular flexibility index (Phi) is 5.50. The fourth-order valence-corrected chi connectivity index (χ4v) is 3.30. The minimum absolute atomic E-state index is 0.227. The van der Waals surface area contributed by atoms with Gasteiger partial charge in [-0.15, -0.1) is 0 Å². The smallest absolute Gasteiger partial charge is 0.343 e. The first kappa shape index (κ1) is 19.7. The number of benzene rings is 4. The fourth-order valence-electron chi connectivity index (χ4n) is 3.18. The maximum atomic E-state index is 13.1. The van der Waals surface area contributed by atoms with Gasteiger partial charge < -0.3 is 10.1 Å². The molecule has 0 aliphatic heterocycles. The van der Waals surface area contributed by atoms with Gasteiger partial charge in [0, 0.05) is 16.1 Å². The Morgan fingerprint density at radius 1 is 0.867 bits per heavy atom. The Balaban J connectivity index is 1.73. The van der Waals surface area contributed by atoms with Gasteiger partial charge in [0.25, 0.3) is 5.91 Å². The first-order valence-corrected chi connectivity index (χ1v) is 9.77. The zero-order chi connectivity index (χ0) is 21.1. The normalized spacial score (nSPS) is 10.6. The largest absolute Gasteiger partial charge is 0.421 e. The zero-order valence-corrected chi connectivity index (χ0v) is 16.9. The summed E-state index contributed by atoms with van der Waals surface area (Å²) in [4.78, 5) is 25.8. The third-order valence-electron chi connectivity index (χ3n) is 4.74. The first-order chi connectivity index (χ1) is 14.5. The Hall–Kier alpha value is -3.63. The molecule has 0 fully saturated rings. The SMILES string of the molecule is Cc1cc(NC(=O)c2ccc3ccccc3c2OC(=O)c2ccccc2)ccc1Cl. The summed E-state index contributed by atoms with van der Waals surface area (Å²) >= 11 is 6.07. The molecule has 0 aromatic heterocycles.